The molecule has 3 N–H and O–H groups in total. The Bertz CT molecular complexity index is 432. The van der Waals surface area contributed by atoms with Gasteiger partial charge in [-0.15, -0.1) is 0 Å². The van der Waals surface area contributed by atoms with Crippen LogP contribution in [0.25, 0.3) is 0 Å². The summed E-state index contributed by atoms with van der Waals surface area (Å²) in [6.45, 7) is 3.65. The fraction of sp³-hybridized carbons (Fsp3) is 0.400. The van der Waals surface area contributed by atoms with Gasteiger partial charge in [-0.25, -0.2) is 14.8 Å². The maximum absolute atomic E-state index is 11.4. The Balaban J connectivity index is 2.45. The zero-order chi connectivity index (χ0) is 13.5. The largest absolute Gasteiger partial charge is 0.450 e. The Morgan fingerprint density at radius 2 is 2.22 bits per heavy atom. The van der Waals surface area contributed by atoms with E-state index in [1.165, 1.54) is 0 Å². The number of nitrogens with two attached hydrogens (primary N) is 1. The van der Waals surface area contributed by atoms with Crippen molar-refractivity contribution in [2.24, 2.45) is 0 Å². The number of ether oxygens (including phenoxy) is 1. The number of hydrogen-bond donors (Lipinski definition) is 2. The highest BCUT2D eigenvalue weighted by Crippen LogP contribution is 2.14. The summed E-state index contributed by atoms with van der Waals surface area (Å²) in [7, 11) is 0. The summed E-state index contributed by atoms with van der Waals surface area (Å²) < 4.78 is 4.57. The summed E-state index contributed by atoms with van der Waals surface area (Å²) in [4.78, 5) is 30.4. The van der Waals surface area contributed by atoms with Gasteiger partial charge < -0.3 is 10.5 Å². The van der Waals surface area contributed by atoms with Crippen LogP contribution < -0.4 is 11.1 Å². The number of anilines is 1. The van der Waals surface area contributed by atoms with Crippen molar-refractivity contribution in [1.82, 2.24) is 15.3 Å². The summed E-state index contributed by atoms with van der Waals surface area (Å²) in [6.07, 6.45) is -0.757. The van der Waals surface area contributed by atoms with Crippen LogP contribution in [0.5, 0.6) is 0 Å². The van der Waals surface area contributed by atoms with Gasteiger partial charge in [0.05, 0.1) is 12.4 Å². The van der Waals surface area contributed by atoms with E-state index in [4.69, 9.17) is 5.73 Å². The predicted molar refractivity (Wildman–Crippen MR) is 67.1 cm³/mol. The second-order valence-corrected chi connectivity index (χ2v) is 4.22. The first-order valence-corrected chi connectivity index (χ1v) is 6.20. The van der Waals surface area contributed by atoms with Crippen LogP contribution in [0.2, 0.25) is 0 Å². The molecule has 0 aromatic carbocycles. The molecular weight excluding hydrogens is 256 g/mol. The van der Waals surface area contributed by atoms with Crippen LogP contribution in [0, 0.1) is 6.92 Å². The minimum absolute atomic E-state index is 0.0156. The third-order valence-corrected chi connectivity index (χ3v) is 2.55. The number of imide groups is 1. The fourth-order valence-corrected chi connectivity index (χ4v) is 1.79. The molecule has 1 heterocycles. The Morgan fingerprint density at radius 3 is 2.83 bits per heavy atom. The van der Waals surface area contributed by atoms with E-state index in [0.717, 1.165) is 17.5 Å². The van der Waals surface area contributed by atoms with Crippen molar-refractivity contribution in [3.8, 4) is 0 Å². The molecule has 0 aliphatic carbocycles. The Morgan fingerprint density at radius 1 is 1.50 bits per heavy atom. The third kappa shape index (κ3) is 5.00. The molecule has 1 rings (SSSR count). The number of nitrogen functional groups attached to an aromatic ring is 1. The second-order valence-electron chi connectivity index (χ2n) is 3.27. The lowest BCUT2D eigenvalue weighted by atomic mass is 10.4. The van der Waals surface area contributed by atoms with Gasteiger partial charge >= 0.3 is 6.09 Å². The number of amides is 2. The summed E-state index contributed by atoms with van der Waals surface area (Å²) in [5, 5.41) is 2.47. The Hall–Kier alpha value is -1.83. The van der Waals surface area contributed by atoms with Crippen molar-refractivity contribution >= 4 is 29.6 Å². The quantitative estimate of drug-likeness (QED) is 0.613. The van der Waals surface area contributed by atoms with Gasteiger partial charge in [0, 0.05) is 11.8 Å². The van der Waals surface area contributed by atoms with Crippen molar-refractivity contribution in [2.75, 3.05) is 18.1 Å². The number of carbonyl (C=O) groups is 2. The van der Waals surface area contributed by atoms with Crippen LogP contribution in [-0.2, 0) is 9.53 Å². The lowest BCUT2D eigenvalue weighted by molar-refractivity contribution is -0.117. The third-order valence-electron chi connectivity index (χ3n) is 1.70. The number of thioether (sulfide) groups is 1. The van der Waals surface area contributed by atoms with Crippen LogP contribution in [0.3, 0.4) is 0 Å². The Labute approximate surface area is 109 Å². The first-order valence-electron chi connectivity index (χ1n) is 5.21. The van der Waals surface area contributed by atoms with Gasteiger partial charge in [-0.1, -0.05) is 11.8 Å². The SMILES string of the molecule is CCOC(=O)NC(=O)CSc1nc(C)cc(N)n1. The van der Waals surface area contributed by atoms with Gasteiger partial charge in [-0.2, -0.15) is 0 Å². The van der Waals surface area contributed by atoms with Crippen LogP contribution in [0.4, 0.5) is 10.6 Å². The molecule has 0 fully saturated rings. The molecule has 2 amide bonds. The summed E-state index contributed by atoms with van der Waals surface area (Å²) >= 11 is 1.09. The smallest absolute Gasteiger partial charge is 0.413 e. The first-order chi connectivity index (χ1) is 8.51. The van der Waals surface area contributed by atoms with Gasteiger partial charge in [-0.3, -0.25) is 10.1 Å². The first kappa shape index (κ1) is 14.2. The molecule has 18 heavy (non-hydrogen) atoms. The maximum atomic E-state index is 11.4. The fourth-order valence-electron chi connectivity index (χ4n) is 1.08. The van der Waals surface area contributed by atoms with Gasteiger partial charge in [0.15, 0.2) is 5.16 Å². The molecule has 8 heteroatoms. The minimum Gasteiger partial charge on any atom is -0.450 e. The number of rotatable bonds is 4. The number of nitrogens with one attached hydrogen (secondary N) is 1. The maximum Gasteiger partial charge on any atom is 0.413 e. The second kappa shape index (κ2) is 6.80. The van der Waals surface area contributed by atoms with E-state index in [2.05, 4.69) is 20.0 Å². The summed E-state index contributed by atoms with van der Waals surface area (Å²) in [6, 6.07) is 1.63. The van der Waals surface area contributed by atoms with Crippen molar-refractivity contribution in [2.45, 2.75) is 19.0 Å². The molecule has 0 unspecified atom stereocenters. The Kier molecular flexibility index (Phi) is 5.37. The summed E-state index contributed by atoms with van der Waals surface area (Å²) in [5.41, 5.74) is 6.27. The standard InChI is InChI=1S/C10H14N4O3S/c1-3-17-10(16)14-8(15)5-18-9-12-6(2)4-7(11)13-9/h4H,3,5H2,1-2H3,(H2,11,12,13)(H,14,15,16). The normalized spacial score (nSPS) is 9.89. The highest BCUT2D eigenvalue weighted by atomic mass is 32.2. The van der Waals surface area contributed by atoms with Crippen molar-refractivity contribution < 1.29 is 14.3 Å². The molecule has 7 nitrogen and oxygen atoms in total. The number of carbonyl (C=O) groups excluding carboxylic acids is 2. The highest BCUT2D eigenvalue weighted by Gasteiger charge is 2.10. The monoisotopic (exact) mass is 270 g/mol. The minimum atomic E-state index is -0.757. The van der Waals surface area contributed by atoms with Crippen LogP contribution in [0.1, 0.15) is 12.6 Å². The molecule has 1 aromatic rings. The van der Waals surface area contributed by atoms with Gasteiger partial charge in [0.25, 0.3) is 0 Å². The van der Waals surface area contributed by atoms with Crippen molar-refractivity contribution in [3.05, 3.63) is 11.8 Å². The zero-order valence-corrected chi connectivity index (χ0v) is 10.9. The lowest BCUT2D eigenvalue weighted by Crippen LogP contribution is -2.32. The van der Waals surface area contributed by atoms with E-state index in [-0.39, 0.29) is 12.4 Å². The van der Waals surface area contributed by atoms with E-state index >= 15 is 0 Å². The number of alkyl carbamates (subject to hydrolysis) is 1. The van der Waals surface area contributed by atoms with E-state index in [0.29, 0.717) is 11.0 Å². The lowest BCUT2D eigenvalue weighted by Gasteiger charge is -2.04. The average Bonchev–Trinajstić information content (AvgIpc) is 2.25. The van der Waals surface area contributed by atoms with Crippen molar-refractivity contribution in [1.29, 1.82) is 0 Å². The number of nitrogens with zero attached hydrogens (tertiary/aromatic N) is 2. The van der Waals surface area contributed by atoms with Gasteiger partial charge in [0.1, 0.15) is 5.82 Å². The van der Waals surface area contributed by atoms with Gasteiger partial charge in [-0.05, 0) is 13.8 Å². The predicted octanol–water partition coefficient (Wildman–Crippen LogP) is 0.732. The van der Waals surface area contributed by atoms with Crippen LogP contribution in [0.15, 0.2) is 11.2 Å². The van der Waals surface area contributed by atoms with Crippen molar-refractivity contribution in [3.63, 3.8) is 0 Å². The zero-order valence-electron chi connectivity index (χ0n) is 10.1. The molecule has 0 bridgehead atoms. The molecule has 0 aliphatic rings. The molecule has 0 radical (unpaired) electrons. The molecular formula is C10H14N4O3S. The molecule has 0 saturated carbocycles. The molecule has 0 atom stereocenters. The van der Waals surface area contributed by atoms with E-state index in [9.17, 15) is 9.59 Å². The van der Waals surface area contributed by atoms with Gasteiger partial charge in [0.2, 0.25) is 5.91 Å². The highest BCUT2D eigenvalue weighted by molar-refractivity contribution is 7.99. The summed E-state index contributed by atoms with van der Waals surface area (Å²) in [5.74, 6) is -0.111. The number of aromatic nitrogens is 2. The number of hydrogen-bond acceptors (Lipinski definition) is 7. The molecule has 0 saturated heterocycles. The molecule has 1 aromatic heterocycles. The topological polar surface area (TPSA) is 107 Å². The molecule has 0 spiro atoms. The van der Waals surface area contributed by atoms with E-state index in [1.54, 1.807) is 19.9 Å². The van der Waals surface area contributed by atoms with Crippen LogP contribution >= 0.6 is 11.8 Å². The average molecular weight is 270 g/mol. The van der Waals surface area contributed by atoms with Crippen LogP contribution in [-0.4, -0.2) is 34.3 Å². The molecule has 98 valence electrons. The van der Waals surface area contributed by atoms with E-state index in [1.807, 2.05) is 0 Å². The number of aryl methyl sites for hydroxylation is 1. The van der Waals surface area contributed by atoms with E-state index < -0.39 is 12.0 Å². The molecule has 0 aliphatic heterocycles.